The zero-order valence-electron chi connectivity index (χ0n) is 30.7. The van der Waals surface area contributed by atoms with E-state index in [4.69, 9.17) is 0 Å². The molecular formula is C52H43N. The number of nitrogens with zero attached hydrogens (tertiary/aromatic N) is 1. The molecule has 0 fully saturated rings. The van der Waals surface area contributed by atoms with Crippen molar-refractivity contribution in [1.29, 1.82) is 0 Å². The van der Waals surface area contributed by atoms with Gasteiger partial charge in [0.15, 0.2) is 0 Å². The minimum absolute atomic E-state index is 0.0826. The van der Waals surface area contributed by atoms with Crippen LogP contribution in [-0.4, -0.2) is 0 Å². The fraction of sp³-hybridized carbons (Fsp3) is 0.115. The fourth-order valence-corrected chi connectivity index (χ4v) is 8.25. The van der Waals surface area contributed by atoms with Gasteiger partial charge in [-0.15, -0.1) is 0 Å². The van der Waals surface area contributed by atoms with Crippen LogP contribution in [0.2, 0.25) is 0 Å². The highest BCUT2D eigenvalue weighted by atomic mass is 15.1. The summed E-state index contributed by atoms with van der Waals surface area (Å²) >= 11 is 0. The molecule has 9 rings (SSSR count). The molecule has 0 saturated heterocycles. The van der Waals surface area contributed by atoms with Gasteiger partial charge in [0.25, 0.3) is 0 Å². The molecular weight excluding hydrogens is 639 g/mol. The number of hydrogen-bond acceptors (Lipinski definition) is 1. The third-order valence-corrected chi connectivity index (χ3v) is 10.9. The maximum Gasteiger partial charge on any atom is 0.0468 e. The van der Waals surface area contributed by atoms with Gasteiger partial charge in [-0.25, -0.2) is 0 Å². The van der Waals surface area contributed by atoms with Gasteiger partial charge in [0.05, 0.1) is 0 Å². The first-order valence-corrected chi connectivity index (χ1v) is 18.8. The Bertz CT molecular complexity index is 2660. The molecule has 0 radical (unpaired) electrons. The molecule has 53 heavy (non-hydrogen) atoms. The van der Waals surface area contributed by atoms with Gasteiger partial charge in [0.1, 0.15) is 0 Å². The van der Waals surface area contributed by atoms with Gasteiger partial charge in [-0.2, -0.15) is 0 Å². The molecule has 0 N–H and O–H groups in total. The lowest BCUT2D eigenvalue weighted by atomic mass is 9.80. The van der Waals surface area contributed by atoms with E-state index >= 15 is 0 Å². The SMILES string of the molecule is CC(C)(C)c1ccc(N(c2ccccc2)c2ccc3c(c2)c2ccccc2c2c(-c4ccccc4)c(-c4ccccc4)cc(C4=CC=CCC4)c32)cc1. The zero-order valence-corrected chi connectivity index (χ0v) is 30.7. The fourth-order valence-electron chi connectivity index (χ4n) is 8.25. The van der Waals surface area contributed by atoms with E-state index in [2.05, 4.69) is 208 Å². The van der Waals surface area contributed by atoms with E-state index in [9.17, 15) is 0 Å². The standard InChI is InChI=1S/C52H43N/c1-52(2,3)39-28-30-41(31-29-39)53(40-24-14-7-15-25-40)42-32-33-45-48(34-42)43-26-16-17-27-44(43)51-49(38-22-12-6-13-23-38)46(36-18-8-4-9-19-36)35-47(50(45)51)37-20-10-5-11-21-37/h4-10,12-20,22-35H,11,21H2,1-3H3. The Morgan fingerprint density at radius 3 is 1.72 bits per heavy atom. The molecule has 0 aromatic heterocycles. The molecule has 0 spiro atoms. The molecule has 8 aromatic rings. The van der Waals surface area contributed by atoms with Crippen molar-refractivity contribution in [1.82, 2.24) is 0 Å². The predicted octanol–water partition coefficient (Wildman–Crippen LogP) is 15.0. The van der Waals surface area contributed by atoms with Gasteiger partial charge in [-0.1, -0.05) is 160 Å². The van der Waals surface area contributed by atoms with Crippen LogP contribution in [0, 0.1) is 0 Å². The summed E-state index contributed by atoms with van der Waals surface area (Å²) in [6, 6.07) is 60.5. The predicted molar refractivity (Wildman–Crippen MR) is 230 cm³/mol. The first-order valence-electron chi connectivity index (χ1n) is 18.8. The topological polar surface area (TPSA) is 3.24 Å². The number of anilines is 3. The summed E-state index contributed by atoms with van der Waals surface area (Å²) in [4.78, 5) is 2.40. The summed E-state index contributed by atoms with van der Waals surface area (Å²) in [6.07, 6.45) is 8.92. The van der Waals surface area contributed by atoms with E-state index in [-0.39, 0.29) is 5.41 Å². The van der Waals surface area contributed by atoms with E-state index in [1.165, 1.54) is 71.3 Å². The van der Waals surface area contributed by atoms with Crippen LogP contribution in [0.1, 0.15) is 44.7 Å². The number of benzene rings is 8. The highest BCUT2D eigenvalue weighted by Crippen LogP contribution is 2.49. The van der Waals surface area contributed by atoms with Crippen molar-refractivity contribution in [3.8, 4) is 22.3 Å². The molecule has 0 aliphatic heterocycles. The van der Waals surface area contributed by atoms with Crippen molar-refractivity contribution in [2.24, 2.45) is 0 Å². The number of allylic oxidation sites excluding steroid dienone is 4. The molecule has 0 atom stereocenters. The summed E-state index contributed by atoms with van der Waals surface area (Å²) in [5.74, 6) is 0. The Morgan fingerprint density at radius 2 is 1.06 bits per heavy atom. The Balaban J connectivity index is 1.40. The van der Waals surface area contributed by atoms with E-state index in [0.29, 0.717) is 0 Å². The van der Waals surface area contributed by atoms with Crippen LogP contribution >= 0.6 is 0 Å². The van der Waals surface area contributed by atoms with Gasteiger partial charge in [0.2, 0.25) is 0 Å². The maximum absolute atomic E-state index is 2.49. The first kappa shape index (κ1) is 32.7. The number of fused-ring (bicyclic) bond motifs is 6. The lowest BCUT2D eigenvalue weighted by Crippen LogP contribution is -2.13. The lowest BCUT2D eigenvalue weighted by molar-refractivity contribution is 0.590. The molecule has 1 aliphatic carbocycles. The van der Waals surface area contributed by atoms with Crippen molar-refractivity contribution in [3.05, 3.63) is 193 Å². The van der Waals surface area contributed by atoms with E-state index in [1.807, 2.05) is 0 Å². The minimum atomic E-state index is 0.0826. The van der Waals surface area contributed by atoms with Gasteiger partial charge >= 0.3 is 0 Å². The van der Waals surface area contributed by atoms with Gasteiger partial charge < -0.3 is 4.90 Å². The Kier molecular flexibility index (Phi) is 8.28. The molecule has 0 saturated carbocycles. The molecule has 0 bridgehead atoms. The van der Waals surface area contributed by atoms with E-state index < -0.39 is 0 Å². The first-order chi connectivity index (χ1) is 26.0. The second-order valence-corrected chi connectivity index (χ2v) is 15.2. The quantitative estimate of drug-likeness (QED) is 0.158. The van der Waals surface area contributed by atoms with Gasteiger partial charge in [0, 0.05) is 17.1 Å². The van der Waals surface area contributed by atoms with Crippen molar-refractivity contribution < 1.29 is 0 Å². The van der Waals surface area contributed by atoms with Crippen molar-refractivity contribution in [2.75, 3.05) is 4.90 Å². The Morgan fingerprint density at radius 1 is 0.472 bits per heavy atom. The normalized spacial score (nSPS) is 13.1. The Hall–Kier alpha value is -6.18. The lowest BCUT2D eigenvalue weighted by Gasteiger charge is -2.28. The highest BCUT2D eigenvalue weighted by Gasteiger charge is 2.24. The molecule has 0 unspecified atom stereocenters. The molecule has 8 aromatic carbocycles. The van der Waals surface area contributed by atoms with Gasteiger partial charge in [-0.05, 0) is 132 Å². The summed E-state index contributed by atoms with van der Waals surface area (Å²) in [7, 11) is 0. The van der Waals surface area contributed by atoms with E-state index in [1.54, 1.807) is 0 Å². The summed E-state index contributed by atoms with van der Waals surface area (Å²) in [5, 5.41) is 7.72. The van der Waals surface area contributed by atoms with E-state index in [0.717, 1.165) is 29.9 Å². The third-order valence-electron chi connectivity index (χ3n) is 10.9. The number of para-hydroxylation sites is 1. The summed E-state index contributed by atoms with van der Waals surface area (Å²) < 4.78 is 0. The van der Waals surface area contributed by atoms with Crippen LogP contribution in [-0.2, 0) is 5.41 Å². The molecule has 256 valence electrons. The minimum Gasteiger partial charge on any atom is -0.310 e. The summed E-state index contributed by atoms with van der Waals surface area (Å²) in [6.45, 7) is 6.82. The number of hydrogen-bond donors (Lipinski definition) is 0. The second-order valence-electron chi connectivity index (χ2n) is 15.2. The average Bonchev–Trinajstić information content (AvgIpc) is 3.21. The van der Waals surface area contributed by atoms with Crippen LogP contribution in [0.25, 0.3) is 60.1 Å². The van der Waals surface area contributed by atoms with Crippen molar-refractivity contribution >= 4 is 55.0 Å². The Labute approximate surface area is 313 Å². The van der Waals surface area contributed by atoms with Crippen LogP contribution in [0.15, 0.2) is 182 Å². The van der Waals surface area contributed by atoms with Gasteiger partial charge in [-0.3, -0.25) is 0 Å². The largest absolute Gasteiger partial charge is 0.310 e. The average molecular weight is 682 g/mol. The number of rotatable bonds is 6. The zero-order chi connectivity index (χ0) is 35.9. The van der Waals surface area contributed by atoms with Crippen LogP contribution in [0.5, 0.6) is 0 Å². The van der Waals surface area contributed by atoms with Crippen LogP contribution < -0.4 is 4.90 Å². The third kappa shape index (κ3) is 5.93. The van der Waals surface area contributed by atoms with Crippen molar-refractivity contribution in [2.45, 2.75) is 39.0 Å². The maximum atomic E-state index is 2.49. The van der Waals surface area contributed by atoms with Crippen molar-refractivity contribution in [3.63, 3.8) is 0 Å². The molecule has 1 aliphatic rings. The summed E-state index contributed by atoms with van der Waals surface area (Å²) in [5.41, 5.74) is 12.6. The highest BCUT2D eigenvalue weighted by molar-refractivity contribution is 6.32. The molecule has 0 amide bonds. The monoisotopic (exact) mass is 681 g/mol. The molecule has 1 heteroatoms. The van der Waals surface area contributed by atoms with Crippen LogP contribution in [0.4, 0.5) is 17.1 Å². The van der Waals surface area contributed by atoms with Crippen LogP contribution in [0.3, 0.4) is 0 Å². The molecule has 1 nitrogen and oxygen atoms in total. The smallest absolute Gasteiger partial charge is 0.0468 e. The second kappa shape index (κ2) is 13.4. The molecule has 0 heterocycles.